The van der Waals surface area contributed by atoms with Gasteiger partial charge in [0, 0.05) is 10.8 Å². The van der Waals surface area contributed by atoms with Gasteiger partial charge in [-0.3, -0.25) is 0 Å². The molecule has 0 aromatic heterocycles. The summed E-state index contributed by atoms with van der Waals surface area (Å²) in [5.41, 5.74) is 2.40. The number of esters is 2. The van der Waals surface area contributed by atoms with Crippen molar-refractivity contribution in [2.24, 2.45) is 0 Å². The summed E-state index contributed by atoms with van der Waals surface area (Å²) in [4.78, 5) is 23.8. The summed E-state index contributed by atoms with van der Waals surface area (Å²) in [6.45, 7) is 0. The van der Waals surface area contributed by atoms with Crippen LogP contribution in [-0.4, -0.2) is 52.5 Å². The van der Waals surface area contributed by atoms with Gasteiger partial charge in [0.05, 0.1) is 44.6 Å². The summed E-state index contributed by atoms with van der Waals surface area (Å²) in [5, 5.41) is 0. The van der Waals surface area contributed by atoms with Gasteiger partial charge in [-0.05, 0) is 85.3 Å². The van der Waals surface area contributed by atoms with Gasteiger partial charge < -0.3 is 9.47 Å². The molecule has 4 fully saturated rings. The quantitative estimate of drug-likeness (QED) is 0.229. The summed E-state index contributed by atoms with van der Waals surface area (Å²) < 4.78 is 59.6. The zero-order chi connectivity index (χ0) is 32.6. The van der Waals surface area contributed by atoms with Gasteiger partial charge in [-0.15, -0.1) is 0 Å². The predicted molar refractivity (Wildman–Crippen MR) is 170 cm³/mol. The molecular weight excluding hydrogens is 625 g/mol. The summed E-state index contributed by atoms with van der Waals surface area (Å²) >= 11 is 0. The van der Waals surface area contributed by atoms with Crippen LogP contribution >= 0.6 is 0 Å². The molecule has 0 amide bonds. The Morgan fingerprint density at radius 3 is 1.09 bits per heavy atom. The maximum atomic E-state index is 12.9. The van der Waals surface area contributed by atoms with Crippen LogP contribution in [0.2, 0.25) is 0 Å². The first-order chi connectivity index (χ1) is 21.9. The number of hydrogen-bond acceptors (Lipinski definition) is 8. The molecule has 4 saturated carbocycles. The minimum Gasteiger partial charge on any atom is -0.465 e. The lowest BCUT2D eigenvalue weighted by atomic mass is 10.0. The van der Waals surface area contributed by atoms with E-state index in [2.05, 4.69) is 9.47 Å². The third-order valence-corrected chi connectivity index (χ3v) is 15.6. The zero-order valence-electron chi connectivity index (χ0n) is 25.3. The van der Waals surface area contributed by atoms with Crippen molar-refractivity contribution in [2.45, 2.75) is 55.8 Å². The molecule has 0 unspecified atom stereocenters. The van der Waals surface area contributed by atoms with E-state index >= 15 is 0 Å². The molecule has 0 N–H and O–H groups in total. The van der Waals surface area contributed by atoms with Gasteiger partial charge in [-0.1, -0.05) is 60.7 Å². The van der Waals surface area contributed by atoms with Crippen LogP contribution in [-0.2, 0) is 40.0 Å². The molecule has 4 aromatic rings. The van der Waals surface area contributed by atoms with Crippen molar-refractivity contribution in [1.82, 2.24) is 0 Å². The molecule has 4 aliphatic carbocycles. The van der Waals surface area contributed by atoms with Gasteiger partial charge in [0.15, 0.2) is 19.7 Å². The summed E-state index contributed by atoms with van der Waals surface area (Å²) in [5.74, 6) is -0.771. The fourth-order valence-electron chi connectivity index (χ4n) is 7.24. The highest BCUT2D eigenvalue weighted by Gasteiger charge is 2.90. The van der Waals surface area contributed by atoms with Crippen LogP contribution in [0.4, 0.5) is 0 Å². The molecule has 0 saturated heterocycles. The molecule has 0 atom stereocenters. The number of sulfone groups is 2. The SMILES string of the molecule is COC(=O)c1ccc(C23CC2(S(=O)(=O)c2ccccc2)C3)cc1.COC(=O)c1ccc(C23CC2(S(=O)(=O)c2ccccc2)C3)cc1. The highest BCUT2D eigenvalue weighted by molar-refractivity contribution is 7.94. The number of methoxy groups -OCH3 is 2. The monoisotopic (exact) mass is 656 g/mol. The fraction of sp³-hybridized carbons (Fsp3) is 0.278. The largest absolute Gasteiger partial charge is 0.465 e. The second-order valence-corrected chi connectivity index (χ2v) is 17.2. The first-order valence-electron chi connectivity index (χ1n) is 14.9. The second kappa shape index (κ2) is 10.1. The molecule has 8 rings (SSSR count). The molecule has 4 aromatic carbocycles. The molecule has 4 aliphatic rings. The van der Waals surface area contributed by atoms with Crippen LogP contribution < -0.4 is 0 Å². The molecule has 0 spiro atoms. The molecule has 0 heterocycles. The standard InChI is InChI=1S/2C18H16O4S/c2*1-22-16(19)13-7-9-14(10-8-13)17-11-18(17,12-17)23(20,21)15-5-3-2-4-6-15/h2*2-10H,11-12H2,1H3. The third kappa shape index (κ3) is 4.15. The van der Waals surface area contributed by atoms with E-state index in [4.69, 9.17) is 0 Å². The van der Waals surface area contributed by atoms with Crippen molar-refractivity contribution in [3.05, 3.63) is 131 Å². The molecule has 10 heteroatoms. The Balaban J connectivity index is 0.000000147. The van der Waals surface area contributed by atoms with Crippen LogP contribution in [0, 0.1) is 0 Å². The lowest BCUT2D eigenvalue weighted by molar-refractivity contribution is 0.0592. The van der Waals surface area contributed by atoms with Gasteiger partial charge >= 0.3 is 11.9 Å². The Morgan fingerprint density at radius 1 is 0.500 bits per heavy atom. The topological polar surface area (TPSA) is 121 Å². The Kier molecular flexibility index (Phi) is 6.68. The maximum Gasteiger partial charge on any atom is 0.337 e. The van der Waals surface area contributed by atoms with Gasteiger partial charge in [0.1, 0.15) is 0 Å². The third-order valence-electron chi connectivity index (χ3n) is 10.4. The molecule has 8 nitrogen and oxygen atoms in total. The molecule has 0 bridgehead atoms. The lowest BCUT2D eigenvalue weighted by Gasteiger charge is -2.05. The van der Waals surface area contributed by atoms with E-state index < -0.39 is 29.2 Å². The normalized spacial score (nSPS) is 27.9. The van der Waals surface area contributed by atoms with Crippen LogP contribution in [0.25, 0.3) is 0 Å². The van der Waals surface area contributed by atoms with Gasteiger partial charge in [-0.2, -0.15) is 0 Å². The Hall–Kier alpha value is -4.28. The number of rotatable bonds is 8. The van der Waals surface area contributed by atoms with E-state index in [0.717, 1.165) is 11.1 Å². The Labute approximate surface area is 268 Å². The molecular formula is C36H32O8S2. The first kappa shape index (κ1) is 30.4. The van der Waals surface area contributed by atoms with E-state index in [1.807, 2.05) is 36.4 Å². The Morgan fingerprint density at radius 2 is 0.804 bits per heavy atom. The van der Waals surface area contributed by atoms with Crippen molar-refractivity contribution in [1.29, 1.82) is 0 Å². The van der Waals surface area contributed by atoms with E-state index in [0.29, 0.717) is 46.6 Å². The van der Waals surface area contributed by atoms with Gasteiger partial charge in [0.25, 0.3) is 0 Å². The minimum absolute atomic E-state index is 0.268. The lowest BCUT2D eigenvalue weighted by Crippen LogP contribution is -2.14. The predicted octanol–water partition coefficient (Wildman–Crippen LogP) is 5.46. The molecule has 236 valence electrons. The second-order valence-electron chi connectivity index (χ2n) is 12.6. The van der Waals surface area contributed by atoms with Crippen molar-refractivity contribution in [3.8, 4) is 0 Å². The van der Waals surface area contributed by atoms with Crippen LogP contribution in [0.15, 0.2) is 119 Å². The maximum absolute atomic E-state index is 12.9. The number of carbonyl (C=O) groups is 2. The number of hydrogen-bond donors (Lipinski definition) is 0. The van der Waals surface area contributed by atoms with E-state index in [-0.39, 0.29) is 22.8 Å². The van der Waals surface area contributed by atoms with Crippen LogP contribution in [0.3, 0.4) is 0 Å². The van der Waals surface area contributed by atoms with Gasteiger partial charge in [0.2, 0.25) is 0 Å². The van der Waals surface area contributed by atoms with E-state index in [1.165, 1.54) is 14.2 Å². The van der Waals surface area contributed by atoms with Crippen molar-refractivity contribution >= 4 is 31.6 Å². The number of ether oxygens (including phenoxy) is 2. The van der Waals surface area contributed by atoms with Crippen LogP contribution in [0.1, 0.15) is 57.5 Å². The average Bonchev–Trinajstić information content (AvgIpc) is 3.98. The summed E-state index contributed by atoms with van der Waals surface area (Å²) in [6, 6.07) is 31.5. The summed E-state index contributed by atoms with van der Waals surface area (Å²) in [7, 11) is -3.96. The smallest absolute Gasteiger partial charge is 0.337 e. The fourth-order valence-corrected chi connectivity index (χ4v) is 12.2. The van der Waals surface area contributed by atoms with Crippen molar-refractivity contribution in [3.63, 3.8) is 0 Å². The van der Waals surface area contributed by atoms with E-state index in [1.54, 1.807) is 72.8 Å². The first-order valence-corrected chi connectivity index (χ1v) is 17.9. The number of carbonyl (C=O) groups excluding carboxylic acids is 2. The molecule has 0 aliphatic heterocycles. The number of fused-ring (bicyclic) bond motifs is 2. The molecule has 46 heavy (non-hydrogen) atoms. The zero-order valence-corrected chi connectivity index (χ0v) is 26.9. The highest BCUT2D eigenvalue weighted by Crippen LogP contribution is 2.84. The minimum atomic E-state index is -3.32. The Bertz CT molecular complexity index is 1910. The summed E-state index contributed by atoms with van der Waals surface area (Å²) in [6.07, 6.45) is 2.65. The highest BCUT2D eigenvalue weighted by atomic mass is 32.2. The van der Waals surface area contributed by atoms with E-state index in [9.17, 15) is 26.4 Å². The van der Waals surface area contributed by atoms with Crippen LogP contribution in [0.5, 0.6) is 0 Å². The van der Waals surface area contributed by atoms with Crippen molar-refractivity contribution in [2.75, 3.05) is 14.2 Å². The van der Waals surface area contributed by atoms with Crippen molar-refractivity contribution < 1.29 is 35.9 Å². The number of benzene rings is 4. The van der Waals surface area contributed by atoms with Gasteiger partial charge in [-0.25, -0.2) is 26.4 Å². The average molecular weight is 657 g/mol. The molecule has 0 radical (unpaired) electrons.